The van der Waals surface area contributed by atoms with Crippen LogP contribution in [0.4, 0.5) is 13.2 Å². The van der Waals surface area contributed by atoms with E-state index in [9.17, 15) is 13.2 Å². The quantitative estimate of drug-likeness (QED) is 0.271. The molecule has 138 valence electrons. The summed E-state index contributed by atoms with van der Waals surface area (Å²) in [6, 6.07) is 5.02. The lowest BCUT2D eigenvalue weighted by Crippen LogP contribution is -2.38. The minimum absolute atomic E-state index is 0. The smallest absolute Gasteiger partial charge is 0.382 e. The number of rotatable bonds is 8. The van der Waals surface area contributed by atoms with Gasteiger partial charge < -0.3 is 20.1 Å². The molecule has 0 fully saturated rings. The molecule has 5 nitrogen and oxygen atoms in total. The van der Waals surface area contributed by atoms with E-state index >= 15 is 0 Å². The van der Waals surface area contributed by atoms with E-state index in [1.54, 1.807) is 14.2 Å². The normalized spacial score (nSPS) is 11.8. The molecule has 0 unspecified atom stereocenters. The van der Waals surface area contributed by atoms with Crippen LogP contribution in [0.2, 0.25) is 0 Å². The van der Waals surface area contributed by atoms with Crippen LogP contribution in [-0.4, -0.2) is 46.5 Å². The average molecular weight is 461 g/mol. The second-order valence-electron chi connectivity index (χ2n) is 4.65. The van der Waals surface area contributed by atoms with Gasteiger partial charge >= 0.3 is 6.18 Å². The summed E-state index contributed by atoms with van der Waals surface area (Å²) in [4.78, 5) is 4.03. The Hall–Kier alpha value is -1.07. The highest BCUT2D eigenvalue weighted by Crippen LogP contribution is 2.28. The number of benzene rings is 1. The summed E-state index contributed by atoms with van der Waals surface area (Å²) >= 11 is 0. The minimum atomic E-state index is -4.31. The van der Waals surface area contributed by atoms with Crippen LogP contribution in [-0.2, 0) is 22.2 Å². The molecule has 2 N–H and O–H groups in total. The van der Waals surface area contributed by atoms with Crippen LogP contribution in [0.25, 0.3) is 0 Å². The fourth-order valence-electron chi connectivity index (χ4n) is 1.70. The van der Waals surface area contributed by atoms with Gasteiger partial charge in [-0.1, -0.05) is 12.1 Å². The zero-order chi connectivity index (χ0) is 17.1. The van der Waals surface area contributed by atoms with Crippen LogP contribution in [0, 0.1) is 0 Å². The predicted molar refractivity (Wildman–Crippen MR) is 97.8 cm³/mol. The number of alkyl halides is 3. The maximum Gasteiger partial charge on any atom is 0.416 e. The third-order valence-corrected chi connectivity index (χ3v) is 2.94. The molecule has 1 rings (SSSR count). The summed E-state index contributed by atoms with van der Waals surface area (Å²) in [7, 11) is 3.22. The van der Waals surface area contributed by atoms with Crippen LogP contribution in [0.5, 0.6) is 0 Å². The maximum absolute atomic E-state index is 12.5. The Kier molecular flexibility index (Phi) is 11.8. The summed E-state index contributed by atoms with van der Waals surface area (Å²) in [6.45, 7) is 2.51. The third-order valence-electron chi connectivity index (χ3n) is 2.94. The van der Waals surface area contributed by atoms with Crippen molar-refractivity contribution < 1.29 is 22.6 Å². The van der Waals surface area contributed by atoms with Crippen LogP contribution in [0.3, 0.4) is 0 Å². The SMILES string of the molecule is CN=C(NCCOCCOC)NCc1ccc(C(F)(F)F)cc1.I. The zero-order valence-electron chi connectivity index (χ0n) is 13.7. The van der Waals surface area contributed by atoms with Gasteiger partial charge in [0, 0.05) is 27.2 Å². The van der Waals surface area contributed by atoms with Crippen molar-refractivity contribution in [3.05, 3.63) is 35.4 Å². The molecule has 0 saturated heterocycles. The van der Waals surface area contributed by atoms with Crippen molar-refractivity contribution in [3.63, 3.8) is 0 Å². The molecule has 0 saturated carbocycles. The summed E-state index contributed by atoms with van der Waals surface area (Å²) < 4.78 is 47.6. The standard InChI is InChI=1S/C15H22F3N3O2.HI/c1-19-14(20-7-8-23-10-9-22-2)21-11-12-3-5-13(6-4-12)15(16,17)18;/h3-6H,7-11H2,1-2H3,(H2,19,20,21);1H. The van der Waals surface area contributed by atoms with Gasteiger partial charge in [-0.3, -0.25) is 4.99 Å². The molecule has 0 atom stereocenters. The van der Waals surface area contributed by atoms with Gasteiger partial charge in [0.25, 0.3) is 0 Å². The number of aliphatic imine (C=N–C) groups is 1. The van der Waals surface area contributed by atoms with Gasteiger partial charge in [-0.15, -0.1) is 24.0 Å². The van der Waals surface area contributed by atoms with Crippen LogP contribution < -0.4 is 10.6 Å². The lowest BCUT2D eigenvalue weighted by molar-refractivity contribution is -0.137. The maximum atomic E-state index is 12.5. The summed E-state index contributed by atoms with van der Waals surface area (Å²) in [6.07, 6.45) is -4.31. The van der Waals surface area contributed by atoms with E-state index in [4.69, 9.17) is 9.47 Å². The monoisotopic (exact) mass is 461 g/mol. The molecule has 0 bridgehead atoms. The number of methoxy groups -OCH3 is 1. The molecular weight excluding hydrogens is 438 g/mol. The second-order valence-corrected chi connectivity index (χ2v) is 4.65. The first kappa shape index (κ1) is 22.9. The van der Waals surface area contributed by atoms with Crippen LogP contribution in [0.1, 0.15) is 11.1 Å². The Morgan fingerprint density at radius 3 is 2.29 bits per heavy atom. The first-order chi connectivity index (χ1) is 11.0. The van der Waals surface area contributed by atoms with Crippen molar-refractivity contribution in [2.75, 3.05) is 40.5 Å². The van der Waals surface area contributed by atoms with Gasteiger partial charge in [-0.2, -0.15) is 13.2 Å². The molecule has 1 aromatic carbocycles. The highest BCUT2D eigenvalue weighted by Gasteiger charge is 2.29. The molecule has 1 aromatic rings. The van der Waals surface area contributed by atoms with E-state index in [-0.39, 0.29) is 24.0 Å². The lowest BCUT2D eigenvalue weighted by Gasteiger charge is -2.13. The Morgan fingerprint density at radius 2 is 1.75 bits per heavy atom. The summed E-state index contributed by atoms with van der Waals surface area (Å²) in [5.41, 5.74) is 0.0780. The fraction of sp³-hybridized carbons (Fsp3) is 0.533. The average Bonchev–Trinajstić information content (AvgIpc) is 2.53. The fourth-order valence-corrected chi connectivity index (χ4v) is 1.70. The highest BCUT2D eigenvalue weighted by atomic mass is 127. The molecule has 0 heterocycles. The molecule has 0 amide bonds. The third kappa shape index (κ3) is 9.28. The number of guanidine groups is 1. The number of halogens is 4. The van der Waals surface area contributed by atoms with Gasteiger partial charge in [0.05, 0.1) is 25.4 Å². The number of hydrogen-bond acceptors (Lipinski definition) is 3. The van der Waals surface area contributed by atoms with E-state index in [1.165, 1.54) is 12.1 Å². The van der Waals surface area contributed by atoms with E-state index in [2.05, 4.69) is 15.6 Å². The van der Waals surface area contributed by atoms with Crippen LogP contribution in [0.15, 0.2) is 29.3 Å². The highest BCUT2D eigenvalue weighted by molar-refractivity contribution is 14.0. The van der Waals surface area contributed by atoms with Gasteiger partial charge in [0.15, 0.2) is 5.96 Å². The Bertz CT molecular complexity index is 482. The topological polar surface area (TPSA) is 54.9 Å². The molecule has 0 spiro atoms. The van der Waals surface area contributed by atoms with Gasteiger partial charge in [0.1, 0.15) is 0 Å². The first-order valence-electron chi connectivity index (χ1n) is 7.14. The molecule has 0 aliphatic rings. The minimum Gasteiger partial charge on any atom is -0.382 e. The zero-order valence-corrected chi connectivity index (χ0v) is 16.0. The second kappa shape index (κ2) is 12.3. The largest absolute Gasteiger partial charge is 0.416 e. The van der Waals surface area contributed by atoms with Crippen molar-refractivity contribution in [3.8, 4) is 0 Å². The van der Waals surface area contributed by atoms with E-state index in [0.29, 0.717) is 38.9 Å². The summed E-state index contributed by atoms with van der Waals surface area (Å²) in [5.74, 6) is 0.556. The van der Waals surface area contributed by atoms with Crippen molar-refractivity contribution in [1.82, 2.24) is 10.6 Å². The molecule has 0 aliphatic heterocycles. The van der Waals surface area contributed by atoms with E-state index in [1.807, 2.05) is 0 Å². The Balaban J connectivity index is 0.00000529. The summed E-state index contributed by atoms with van der Waals surface area (Å²) in [5, 5.41) is 6.07. The Labute approximate surface area is 157 Å². The molecular formula is C15H23F3IN3O2. The van der Waals surface area contributed by atoms with Gasteiger partial charge in [-0.25, -0.2) is 0 Å². The number of hydrogen-bond donors (Lipinski definition) is 2. The van der Waals surface area contributed by atoms with Crippen LogP contribution >= 0.6 is 24.0 Å². The number of nitrogens with zero attached hydrogens (tertiary/aromatic N) is 1. The van der Waals surface area contributed by atoms with Gasteiger partial charge in [-0.05, 0) is 17.7 Å². The number of nitrogens with one attached hydrogen (secondary N) is 2. The van der Waals surface area contributed by atoms with Crippen molar-refractivity contribution in [1.29, 1.82) is 0 Å². The molecule has 24 heavy (non-hydrogen) atoms. The Morgan fingerprint density at radius 1 is 1.08 bits per heavy atom. The molecule has 0 radical (unpaired) electrons. The number of ether oxygens (including phenoxy) is 2. The van der Waals surface area contributed by atoms with Crippen molar-refractivity contribution >= 4 is 29.9 Å². The molecule has 0 aliphatic carbocycles. The first-order valence-corrected chi connectivity index (χ1v) is 7.14. The lowest BCUT2D eigenvalue weighted by atomic mass is 10.1. The molecule has 9 heteroatoms. The van der Waals surface area contributed by atoms with Crippen molar-refractivity contribution in [2.45, 2.75) is 12.7 Å². The van der Waals surface area contributed by atoms with E-state index in [0.717, 1.165) is 17.7 Å². The van der Waals surface area contributed by atoms with Gasteiger partial charge in [0.2, 0.25) is 0 Å². The molecule has 0 aromatic heterocycles. The van der Waals surface area contributed by atoms with E-state index < -0.39 is 11.7 Å². The predicted octanol–water partition coefficient (Wildman–Crippen LogP) is 2.65. The van der Waals surface area contributed by atoms with Crippen molar-refractivity contribution in [2.24, 2.45) is 4.99 Å².